The van der Waals surface area contributed by atoms with Crippen LogP contribution < -0.4 is 4.74 Å². The second-order valence-electron chi connectivity index (χ2n) is 4.23. The third-order valence-electron chi connectivity index (χ3n) is 2.72. The van der Waals surface area contributed by atoms with Crippen molar-refractivity contribution in [1.82, 2.24) is 0 Å². The summed E-state index contributed by atoms with van der Waals surface area (Å²) < 4.78 is 10.4. The normalized spacial score (nSPS) is 9.85. The Morgan fingerprint density at radius 1 is 1.15 bits per heavy atom. The van der Waals surface area contributed by atoms with Gasteiger partial charge in [0.1, 0.15) is 5.75 Å². The minimum Gasteiger partial charge on any atom is -0.494 e. The molecule has 0 saturated heterocycles. The molecule has 0 heterocycles. The predicted octanol–water partition coefficient (Wildman–Crippen LogP) is 3.17. The molecule has 0 unspecified atom stereocenters. The molecule has 0 radical (unpaired) electrons. The van der Waals surface area contributed by atoms with Crippen molar-refractivity contribution >= 4 is 11.8 Å². The van der Waals surface area contributed by atoms with Gasteiger partial charge >= 0.3 is 5.97 Å². The number of benzene rings is 1. The molecule has 4 nitrogen and oxygen atoms in total. The Kier molecular flexibility index (Phi) is 7.11. The molecule has 20 heavy (non-hydrogen) atoms. The quantitative estimate of drug-likeness (QED) is 0.301. The first-order valence-electron chi connectivity index (χ1n) is 6.72. The van der Waals surface area contributed by atoms with Crippen LogP contribution >= 0.6 is 0 Å². The molecule has 0 aromatic heterocycles. The Bertz CT molecular complexity index is 448. The van der Waals surface area contributed by atoms with Gasteiger partial charge < -0.3 is 9.47 Å². The van der Waals surface area contributed by atoms with Crippen LogP contribution in [0.25, 0.3) is 0 Å². The molecular weight excluding hydrogens is 256 g/mol. The smallest absolute Gasteiger partial charge is 0.330 e. The fraction of sp³-hybridized carbons (Fsp3) is 0.375. The van der Waals surface area contributed by atoms with Crippen LogP contribution in [0.15, 0.2) is 36.9 Å². The number of hydrogen-bond acceptors (Lipinski definition) is 4. The maximum atomic E-state index is 11.4. The van der Waals surface area contributed by atoms with Gasteiger partial charge in [-0.15, -0.1) is 0 Å². The molecule has 0 spiro atoms. The Morgan fingerprint density at radius 3 is 2.40 bits per heavy atom. The molecule has 0 bridgehead atoms. The van der Waals surface area contributed by atoms with Gasteiger partial charge in [-0.05, 0) is 37.1 Å². The number of ketones is 1. The lowest BCUT2D eigenvalue weighted by Gasteiger charge is -2.07. The van der Waals surface area contributed by atoms with Crippen LogP contribution in [-0.4, -0.2) is 25.0 Å². The van der Waals surface area contributed by atoms with Crippen LogP contribution in [0.5, 0.6) is 5.75 Å². The van der Waals surface area contributed by atoms with E-state index >= 15 is 0 Å². The van der Waals surface area contributed by atoms with E-state index in [9.17, 15) is 9.59 Å². The predicted molar refractivity (Wildman–Crippen MR) is 76.9 cm³/mol. The molecule has 108 valence electrons. The lowest BCUT2D eigenvalue weighted by molar-refractivity contribution is -0.137. The van der Waals surface area contributed by atoms with E-state index in [1.54, 1.807) is 24.3 Å². The zero-order valence-electron chi connectivity index (χ0n) is 11.8. The maximum Gasteiger partial charge on any atom is 0.330 e. The van der Waals surface area contributed by atoms with E-state index in [0.29, 0.717) is 25.2 Å². The van der Waals surface area contributed by atoms with Crippen molar-refractivity contribution in [2.75, 3.05) is 13.2 Å². The van der Waals surface area contributed by atoms with Gasteiger partial charge in [0.25, 0.3) is 0 Å². The topological polar surface area (TPSA) is 52.6 Å². The number of esters is 1. The molecule has 0 atom stereocenters. The Balaban J connectivity index is 2.20. The Morgan fingerprint density at radius 2 is 1.80 bits per heavy atom. The van der Waals surface area contributed by atoms with Gasteiger partial charge in [0, 0.05) is 18.1 Å². The van der Waals surface area contributed by atoms with Gasteiger partial charge in [0.05, 0.1) is 13.2 Å². The Hall–Kier alpha value is -2.10. The van der Waals surface area contributed by atoms with Crippen molar-refractivity contribution in [2.45, 2.75) is 26.2 Å². The first-order valence-corrected chi connectivity index (χ1v) is 6.72. The average molecular weight is 276 g/mol. The number of ether oxygens (including phenoxy) is 2. The van der Waals surface area contributed by atoms with Crippen LogP contribution in [0, 0.1) is 0 Å². The molecule has 1 aromatic carbocycles. The summed E-state index contributed by atoms with van der Waals surface area (Å²) in [7, 11) is 0. The molecule has 0 aliphatic carbocycles. The van der Waals surface area contributed by atoms with Gasteiger partial charge in [-0.1, -0.05) is 13.5 Å². The summed E-state index contributed by atoms with van der Waals surface area (Å²) in [5.74, 6) is 0.462. The number of carbonyl (C=O) groups excluding carboxylic acids is 2. The molecule has 0 amide bonds. The van der Waals surface area contributed by atoms with Crippen LogP contribution in [0.4, 0.5) is 0 Å². The summed E-state index contributed by atoms with van der Waals surface area (Å²) in [6.45, 7) is 6.08. The molecule has 0 N–H and O–H groups in total. The third-order valence-corrected chi connectivity index (χ3v) is 2.72. The molecule has 1 aromatic rings. The van der Waals surface area contributed by atoms with E-state index in [1.165, 1.54) is 0 Å². The fourth-order valence-corrected chi connectivity index (χ4v) is 1.57. The average Bonchev–Trinajstić information content (AvgIpc) is 2.50. The van der Waals surface area contributed by atoms with E-state index in [4.69, 9.17) is 9.47 Å². The monoisotopic (exact) mass is 276 g/mol. The molecular formula is C16H20O4. The summed E-state index contributed by atoms with van der Waals surface area (Å²) in [4.78, 5) is 22.2. The van der Waals surface area contributed by atoms with E-state index in [-0.39, 0.29) is 5.78 Å². The summed E-state index contributed by atoms with van der Waals surface area (Å²) in [6.07, 6.45) is 3.19. The van der Waals surface area contributed by atoms with E-state index in [1.807, 2.05) is 6.92 Å². The van der Waals surface area contributed by atoms with Crippen LogP contribution in [0.2, 0.25) is 0 Å². The summed E-state index contributed by atoms with van der Waals surface area (Å²) in [5.41, 5.74) is 0.705. The molecule has 0 saturated carbocycles. The van der Waals surface area contributed by atoms with Gasteiger partial charge in [-0.2, -0.15) is 0 Å². The molecule has 4 heteroatoms. The number of carbonyl (C=O) groups is 2. The zero-order chi connectivity index (χ0) is 14.8. The largest absolute Gasteiger partial charge is 0.494 e. The third kappa shape index (κ3) is 5.69. The molecule has 0 aliphatic rings. The fourth-order valence-electron chi connectivity index (χ4n) is 1.57. The van der Waals surface area contributed by atoms with Crippen LogP contribution in [0.1, 0.15) is 36.5 Å². The van der Waals surface area contributed by atoms with Crippen LogP contribution in [0.3, 0.4) is 0 Å². The second-order valence-corrected chi connectivity index (χ2v) is 4.23. The maximum absolute atomic E-state index is 11.4. The van der Waals surface area contributed by atoms with E-state index in [2.05, 4.69) is 6.58 Å². The Labute approximate surface area is 119 Å². The number of hydrogen-bond donors (Lipinski definition) is 0. The second kappa shape index (κ2) is 8.91. The molecule has 0 fully saturated rings. The van der Waals surface area contributed by atoms with E-state index in [0.717, 1.165) is 24.7 Å². The minimum atomic E-state index is -0.401. The zero-order valence-corrected chi connectivity index (χ0v) is 11.8. The van der Waals surface area contributed by atoms with Gasteiger partial charge in [0.2, 0.25) is 0 Å². The van der Waals surface area contributed by atoms with Crippen molar-refractivity contribution in [1.29, 1.82) is 0 Å². The summed E-state index contributed by atoms with van der Waals surface area (Å²) >= 11 is 0. The van der Waals surface area contributed by atoms with Crippen molar-refractivity contribution in [2.24, 2.45) is 0 Å². The van der Waals surface area contributed by atoms with Crippen molar-refractivity contribution in [3.05, 3.63) is 42.5 Å². The summed E-state index contributed by atoms with van der Waals surface area (Å²) in [5, 5.41) is 0. The highest BCUT2D eigenvalue weighted by Crippen LogP contribution is 2.13. The van der Waals surface area contributed by atoms with Crippen molar-refractivity contribution < 1.29 is 19.1 Å². The molecule has 1 rings (SSSR count). The lowest BCUT2D eigenvalue weighted by atomic mass is 10.1. The SMILES string of the molecule is C=CC(=O)OCCCCOc1ccc(C(=O)CC)cc1. The minimum absolute atomic E-state index is 0.126. The van der Waals surface area contributed by atoms with Crippen molar-refractivity contribution in [3.63, 3.8) is 0 Å². The van der Waals surface area contributed by atoms with Gasteiger partial charge in [-0.25, -0.2) is 4.79 Å². The highest BCUT2D eigenvalue weighted by molar-refractivity contribution is 5.95. The van der Waals surface area contributed by atoms with Gasteiger partial charge in [0.15, 0.2) is 5.78 Å². The van der Waals surface area contributed by atoms with E-state index < -0.39 is 5.97 Å². The first kappa shape index (κ1) is 16.0. The standard InChI is InChI=1S/C16H20O4/c1-3-15(17)13-7-9-14(10-8-13)19-11-5-6-12-20-16(18)4-2/h4,7-10H,2-3,5-6,11-12H2,1H3. The number of Topliss-reactive ketones (excluding diaryl/α,β-unsaturated/α-hetero) is 1. The van der Waals surface area contributed by atoms with Crippen molar-refractivity contribution in [3.8, 4) is 5.75 Å². The highest BCUT2D eigenvalue weighted by Gasteiger charge is 2.02. The summed E-state index contributed by atoms with van der Waals surface area (Å²) in [6, 6.07) is 7.13. The van der Waals surface area contributed by atoms with Gasteiger partial charge in [-0.3, -0.25) is 4.79 Å². The lowest BCUT2D eigenvalue weighted by Crippen LogP contribution is -2.04. The number of rotatable bonds is 9. The first-order chi connectivity index (χ1) is 9.67. The number of unbranched alkanes of at least 4 members (excludes halogenated alkanes) is 1. The van der Waals surface area contributed by atoms with Crippen LogP contribution in [-0.2, 0) is 9.53 Å². The molecule has 0 aliphatic heterocycles. The highest BCUT2D eigenvalue weighted by atomic mass is 16.5.